The quantitative estimate of drug-likeness (QED) is 0.288. The number of benzene rings is 1. The Bertz CT molecular complexity index is 1680. The second-order valence-electron chi connectivity index (χ2n) is 8.51. The first kappa shape index (κ1) is 25.3. The van der Waals surface area contributed by atoms with E-state index in [2.05, 4.69) is 19.9 Å². The number of hydrogen-bond donors (Lipinski definition) is 2. The van der Waals surface area contributed by atoms with Crippen molar-refractivity contribution in [2.24, 2.45) is 0 Å². The second-order valence-corrected chi connectivity index (χ2v) is 10.6. The maximum atomic E-state index is 13.5. The van der Waals surface area contributed by atoms with Crippen molar-refractivity contribution in [1.29, 1.82) is 0 Å². The van der Waals surface area contributed by atoms with Crippen molar-refractivity contribution in [2.45, 2.75) is 25.2 Å². The van der Waals surface area contributed by atoms with Crippen molar-refractivity contribution >= 4 is 21.6 Å². The number of anilines is 1. The number of aryl methyl sites for hydroxylation is 1. The molecule has 4 heterocycles. The number of ether oxygens (including phenoxy) is 2. The summed E-state index contributed by atoms with van der Waals surface area (Å²) >= 11 is 0. The summed E-state index contributed by atoms with van der Waals surface area (Å²) in [6.07, 6.45) is 1.76. The molecular formula is C25H26N6O6S. The van der Waals surface area contributed by atoms with Gasteiger partial charge < -0.3 is 23.4 Å². The van der Waals surface area contributed by atoms with Gasteiger partial charge in [0, 0.05) is 6.20 Å². The van der Waals surface area contributed by atoms with Crippen LogP contribution in [0.15, 0.2) is 65.3 Å². The number of nitrogens with zero attached hydrogens (tertiary/aromatic N) is 5. The van der Waals surface area contributed by atoms with Crippen LogP contribution in [0.3, 0.4) is 0 Å². The van der Waals surface area contributed by atoms with Crippen molar-refractivity contribution in [1.82, 2.24) is 24.1 Å². The van der Waals surface area contributed by atoms with Gasteiger partial charge in [0.2, 0.25) is 21.8 Å². The van der Waals surface area contributed by atoms with Crippen molar-refractivity contribution < 1.29 is 27.4 Å². The number of aliphatic hydroxyl groups is 1. The molecule has 0 aliphatic heterocycles. The summed E-state index contributed by atoms with van der Waals surface area (Å²) in [5, 5.41) is 18.1. The van der Waals surface area contributed by atoms with Crippen LogP contribution in [0.25, 0.3) is 22.9 Å². The molecule has 0 saturated heterocycles. The van der Waals surface area contributed by atoms with Gasteiger partial charge in [0.15, 0.2) is 5.76 Å². The third-order valence-electron chi connectivity index (χ3n) is 6.17. The van der Waals surface area contributed by atoms with Gasteiger partial charge in [-0.15, -0.1) is 10.2 Å². The molecule has 5 rings (SSSR count). The molecule has 2 N–H and O–H groups in total. The Morgan fingerprint density at radius 3 is 2.42 bits per heavy atom. The number of methoxy groups -OCH3 is 2. The average molecular weight is 539 g/mol. The standard InChI is InChI=1S/C25H26N6O6S/c1-15-11-12-20(37-15)24-27-28-25(31(24)22-18(35-3)8-7-9-19(22)36-4)29-38(33,34)16(2)23(32)17-14-26-21-10-5-6-13-30(17)21/h5-14,16,23,32H,1-4H3,(H,28,29)/t16-,23-/m1/s1. The maximum Gasteiger partial charge on any atom is 0.243 e. The van der Waals surface area contributed by atoms with Gasteiger partial charge in [0.25, 0.3) is 0 Å². The third-order valence-corrected chi connectivity index (χ3v) is 7.87. The van der Waals surface area contributed by atoms with Gasteiger partial charge in [-0.3, -0.25) is 9.29 Å². The SMILES string of the molecule is COc1cccc(OC)c1-n1c(NS(=O)(=O)[C@H](C)[C@@H](O)c2cnc3ccccn23)nnc1-c1ccc(C)o1. The zero-order chi connectivity index (χ0) is 27.0. The molecule has 2 atom stereocenters. The number of aromatic nitrogens is 5. The zero-order valence-electron chi connectivity index (χ0n) is 21.1. The van der Waals surface area contributed by atoms with Gasteiger partial charge in [0.05, 0.1) is 26.1 Å². The number of para-hydroxylation sites is 1. The topological polar surface area (TPSA) is 146 Å². The molecule has 0 bridgehead atoms. The van der Waals surface area contributed by atoms with E-state index in [0.717, 1.165) is 0 Å². The molecule has 5 aromatic rings. The molecule has 0 radical (unpaired) electrons. The lowest BCUT2D eigenvalue weighted by Gasteiger charge is -2.21. The van der Waals surface area contributed by atoms with Gasteiger partial charge in [-0.2, -0.15) is 0 Å². The smallest absolute Gasteiger partial charge is 0.243 e. The van der Waals surface area contributed by atoms with E-state index in [1.165, 1.54) is 31.9 Å². The molecule has 0 spiro atoms. The molecule has 0 unspecified atom stereocenters. The van der Waals surface area contributed by atoms with Gasteiger partial charge >= 0.3 is 0 Å². The summed E-state index contributed by atoms with van der Waals surface area (Å²) in [5.41, 5.74) is 1.28. The van der Waals surface area contributed by atoms with Crippen LogP contribution >= 0.6 is 0 Å². The number of nitrogens with one attached hydrogen (secondary N) is 1. The first-order valence-electron chi connectivity index (χ1n) is 11.6. The lowest BCUT2D eigenvalue weighted by Crippen LogP contribution is -2.32. The fraction of sp³-hybridized carbons (Fsp3) is 0.240. The van der Waals surface area contributed by atoms with Crippen LogP contribution < -0.4 is 14.2 Å². The van der Waals surface area contributed by atoms with E-state index in [4.69, 9.17) is 13.9 Å². The fourth-order valence-corrected chi connectivity index (χ4v) is 5.18. The lowest BCUT2D eigenvalue weighted by molar-refractivity contribution is 0.170. The third kappa shape index (κ3) is 4.35. The van der Waals surface area contributed by atoms with Gasteiger partial charge in [0.1, 0.15) is 39.9 Å². The van der Waals surface area contributed by atoms with E-state index in [1.807, 2.05) is 0 Å². The van der Waals surface area contributed by atoms with Crippen LogP contribution in [0.4, 0.5) is 5.95 Å². The molecule has 0 amide bonds. The molecule has 1 aromatic carbocycles. The lowest BCUT2D eigenvalue weighted by atomic mass is 10.2. The van der Waals surface area contributed by atoms with E-state index in [0.29, 0.717) is 40.0 Å². The van der Waals surface area contributed by atoms with E-state index < -0.39 is 21.4 Å². The number of pyridine rings is 1. The number of imidazole rings is 1. The van der Waals surface area contributed by atoms with E-state index in [1.54, 1.807) is 66.1 Å². The highest BCUT2D eigenvalue weighted by Crippen LogP contribution is 2.38. The highest BCUT2D eigenvalue weighted by Gasteiger charge is 2.34. The van der Waals surface area contributed by atoms with Crippen LogP contribution in [-0.4, -0.2) is 57.1 Å². The summed E-state index contributed by atoms with van der Waals surface area (Å²) in [7, 11) is -1.25. The summed E-state index contributed by atoms with van der Waals surface area (Å²) in [6, 6.07) is 13.9. The highest BCUT2D eigenvalue weighted by atomic mass is 32.2. The second kappa shape index (κ2) is 9.84. The number of aliphatic hydroxyl groups excluding tert-OH is 1. The number of fused-ring (bicyclic) bond motifs is 1. The summed E-state index contributed by atoms with van der Waals surface area (Å²) in [4.78, 5) is 4.24. The van der Waals surface area contributed by atoms with Crippen molar-refractivity contribution in [3.63, 3.8) is 0 Å². The number of sulfonamides is 1. The fourth-order valence-electron chi connectivity index (χ4n) is 4.13. The van der Waals surface area contributed by atoms with Crippen LogP contribution in [0, 0.1) is 6.92 Å². The molecule has 0 saturated carbocycles. The summed E-state index contributed by atoms with van der Waals surface area (Å²) in [5.74, 6) is 1.82. The Kier molecular flexibility index (Phi) is 6.55. The monoisotopic (exact) mass is 538 g/mol. The molecule has 0 aliphatic rings. The Morgan fingerprint density at radius 2 is 1.76 bits per heavy atom. The Balaban J connectivity index is 1.59. The molecule has 198 valence electrons. The largest absolute Gasteiger partial charge is 0.494 e. The molecule has 0 aliphatic carbocycles. The predicted molar refractivity (Wildman–Crippen MR) is 139 cm³/mol. The predicted octanol–water partition coefficient (Wildman–Crippen LogP) is 3.36. The Hall–Kier alpha value is -4.36. The van der Waals surface area contributed by atoms with Crippen molar-refractivity contribution in [2.75, 3.05) is 18.9 Å². The summed E-state index contributed by atoms with van der Waals surface area (Å²) < 4.78 is 49.5. The first-order chi connectivity index (χ1) is 18.2. The van der Waals surface area contributed by atoms with E-state index in [-0.39, 0.29) is 11.8 Å². The summed E-state index contributed by atoms with van der Waals surface area (Å²) in [6.45, 7) is 3.18. The molecular weight excluding hydrogens is 512 g/mol. The molecule has 12 nitrogen and oxygen atoms in total. The van der Waals surface area contributed by atoms with Crippen LogP contribution in [-0.2, 0) is 10.0 Å². The van der Waals surface area contributed by atoms with E-state index in [9.17, 15) is 13.5 Å². The minimum absolute atomic E-state index is 0.144. The van der Waals surface area contributed by atoms with Crippen LogP contribution in [0.2, 0.25) is 0 Å². The normalized spacial score (nSPS) is 13.4. The Morgan fingerprint density at radius 1 is 1.03 bits per heavy atom. The number of hydrogen-bond acceptors (Lipinski definition) is 9. The zero-order valence-corrected chi connectivity index (χ0v) is 21.9. The minimum Gasteiger partial charge on any atom is -0.494 e. The molecule has 4 aromatic heterocycles. The first-order valence-corrected chi connectivity index (χ1v) is 13.1. The highest BCUT2D eigenvalue weighted by molar-refractivity contribution is 7.93. The number of furan rings is 1. The van der Waals surface area contributed by atoms with Gasteiger partial charge in [-0.1, -0.05) is 12.1 Å². The van der Waals surface area contributed by atoms with Crippen molar-refractivity contribution in [3.05, 3.63) is 72.4 Å². The van der Waals surface area contributed by atoms with Crippen molar-refractivity contribution in [3.8, 4) is 28.8 Å². The van der Waals surface area contributed by atoms with Gasteiger partial charge in [-0.05, 0) is 50.2 Å². The number of rotatable bonds is 9. The van der Waals surface area contributed by atoms with Gasteiger partial charge in [-0.25, -0.2) is 13.4 Å². The van der Waals surface area contributed by atoms with Crippen LogP contribution in [0.1, 0.15) is 24.5 Å². The van der Waals surface area contributed by atoms with Crippen LogP contribution in [0.5, 0.6) is 11.5 Å². The average Bonchev–Trinajstić information content (AvgIpc) is 3.65. The molecule has 38 heavy (non-hydrogen) atoms. The molecule has 13 heteroatoms. The minimum atomic E-state index is -4.22. The van der Waals surface area contributed by atoms with E-state index >= 15 is 0 Å². The molecule has 0 fully saturated rings. The Labute approximate surface area is 218 Å². The maximum absolute atomic E-state index is 13.5.